The zero-order valence-electron chi connectivity index (χ0n) is 43.1. The van der Waals surface area contributed by atoms with E-state index >= 15 is 0 Å². The van der Waals surface area contributed by atoms with Crippen LogP contribution in [0.2, 0.25) is 0 Å². The molecular weight excluding hydrogens is 981 g/mol. The van der Waals surface area contributed by atoms with Crippen molar-refractivity contribution in [3.63, 3.8) is 0 Å². The highest BCUT2D eigenvalue weighted by Gasteiger charge is 2.68. The summed E-state index contributed by atoms with van der Waals surface area (Å²) in [4.78, 5) is 0. The lowest BCUT2D eigenvalue weighted by molar-refractivity contribution is -0.395. The molecule has 74 heavy (non-hydrogen) atoms. The molecule has 9 rings (SSSR count). The number of hydrogen-bond acceptors (Lipinski definition) is 23. The molecule has 5 aliphatic heterocycles. The Labute approximate surface area is 431 Å². The van der Waals surface area contributed by atoms with Gasteiger partial charge in [0.1, 0.15) is 91.6 Å². The van der Waals surface area contributed by atoms with Crippen molar-refractivity contribution in [2.75, 3.05) is 26.4 Å². The van der Waals surface area contributed by atoms with Crippen LogP contribution in [-0.2, 0) is 42.6 Å². The fourth-order valence-electron chi connectivity index (χ4n) is 15.6. The number of aliphatic hydroxyl groups excluding tert-OH is 13. The number of hydrogen-bond donors (Lipinski definition) is 14. The molecule has 23 heteroatoms. The van der Waals surface area contributed by atoms with Crippen molar-refractivity contribution in [2.45, 2.75) is 240 Å². The van der Waals surface area contributed by atoms with Gasteiger partial charge in [-0.05, 0) is 111 Å². The Morgan fingerprint density at radius 2 is 1.09 bits per heavy atom. The zero-order chi connectivity index (χ0) is 53.5. The van der Waals surface area contributed by atoms with Crippen molar-refractivity contribution < 1.29 is 114 Å². The molecule has 0 unspecified atom stereocenters. The molecule has 9 aliphatic rings. The fourth-order valence-corrected chi connectivity index (χ4v) is 15.6. The van der Waals surface area contributed by atoms with Crippen molar-refractivity contribution in [3.05, 3.63) is 0 Å². The molecule has 9 fully saturated rings. The van der Waals surface area contributed by atoms with Crippen LogP contribution in [0.3, 0.4) is 0 Å². The van der Waals surface area contributed by atoms with E-state index in [0.717, 1.165) is 38.5 Å². The first-order valence-electron chi connectivity index (χ1n) is 27.2. The van der Waals surface area contributed by atoms with Crippen LogP contribution in [0.15, 0.2) is 0 Å². The SMILES string of the molecule is C[C@@H](CC[C@@]1(O)O[C@H]2C[C@H]3[C@@H]4CC[C@@H]5C[C@@H](O[C@@H]6O[C@H](CO)[C@@H](O)[C@H](O)[C@H]6O[C@@H]6O[C@H](CO)[C@@H](O)[C@H](O)[C@H]6O[C@@H]6O[C@@H](C)[C@H](O)[C@@H](O)[C@H]6O)CC[C@]5(C)[C@H]4CC[C@]3(C)[C@H]2[C@@H]1C)CO[C@@H]1O[C@H](CO)[C@@H](O)[C@H](O)[C@H]1O. The van der Waals surface area contributed by atoms with Crippen LogP contribution < -0.4 is 0 Å². The van der Waals surface area contributed by atoms with E-state index < -0.39 is 155 Å². The summed E-state index contributed by atoms with van der Waals surface area (Å²) in [5.41, 5.74) is -0.0545. The summed E-state index contributed by atoms with van der Waals surface area (Å²) in [5, 5.41) is 149. The minimum absolute atomic E-state index is 0.0147. The first-order valence-corrected chi connectivity index (χ1v) is 27.2. The molecule has 0 spiro atoms. The topological polar surface area (TPSA) is 366 Å². The van der Waals surface area contributed by atoms with Crippen LogP contribution in [0.25, 0.3) is 0 Å². The van der Waals surface area contributed by atoms with Crippen molar-refractivity contribution in [1.82, 2.24) is 0 Å². The molecule has 0 amide bonds. The normalized spacial score (nSPS) is 56.0. The van der Waals surface area contributed by atoms with E-state index in [1.807, 2.05) is 6.92 Å². The molecule has 14 N–H and O–H groups in total. The second-order valence-electron chi connectivity index (χ2n) is 24.3. The third-order valence-electron chi connectivity index (χ3n) is 20.1. The highest BCUT2D eigenvalue weighted by molar-refractivity contribution is 5.15. The summed E-state index contributed by atoms with van der Waals surface area (Å²) < 4.78 is 54.4. The van der Waals surface area contributed by atoms with Gasteiger partial charge in [0.25, 0.3) is 0 Å². The molecule has 23 nitrogen and oxygen atoms in total. The number of fused-ring (bicyclic) bond motifs is 7. The van der Waals surface area contributed by atoms with E-state index in [4.69, 9.17) is 42.6 Å². The average molecular weight is 1070 g/mol. The summed E-state index contributed by atoms with van der Waals surface area (Å²) in [5.74, 6) is 0.212. The van der Waals surface area contributed by atoms with Gasteiger partial charge in [-0.1, -0.05) is 27.7 Å². The molecule has 5 heterocycles. The lowest BCUT2D eigenvalue weighted by Crippen LogP contribution is -2.67. The van der Waals surface area contributed by atoms with E-state index in [9.17, 15) is 71.5 Å². The monoisotopic (exact) mass is 1070 g/mol. The van der Waals surface area contributed by atoms with Gasteiger partial charge in [0, 0.05) is 12.3 Å². The van der Waals surface area contributed by atoms with E-state index in [2.05, 4.69) is 20.8 Å². The number of rotatable bonds is 15. The van der Waals surface area contributed by atoms with Gasteiger partial charge in [0.05, 0.1) is 44.7 Å². The molecule has 0 radical (unpaired) electrons. The fraction of sp³-hybridized carbons (Fsp3) is 1.00. The maximum Gasteiger partial charge on any atom is 0.187 e. The van der Waals surface area contributed by atoms with Gasteiger partial charge in [0.2, 0.25) is 0 Å². The van der Waals surface area contributed by atoms with E-state index in [0.29, 0.717) is 43.4 Å². The predicted molar refractivity (Wildman–Crippen MR) is 250 cm³/mol. The van der Waals surface area contributed by atoms with E-state index in [-0.39, 0.29) is 47.2 Å². The quantitative estimate of drug-likeness (QED) is 0.0730. The molecule has 428 valence electrons. The third kappa shape index (κ3) is 10.3. The highest BCUT2D eigenvalue weighted by Crippen LogP contribution is 2.71. The number of ether oxygens (including phenoxy) is 9. The summed E-state index contributed by atoms with van der Waals surface area (Å²) >= 11 is 0. The molecule has 0 aromatic rings. The molecule has 0 aromatic carbocycles. The van der Waals surface area contributed by atoms with Crippen molar-refractivity contribution >= 4 is 0 Å². The first-order chi connectivity index (χ1) is 35.0. The standard InChI is InChI=1S/C51H86O23/c1-20(19-66-45-41(63)38(60)34(56)29(16-52)69-45)8-13-51(65)21(2)32-28(74-51)15-27-25-7-6-23-14-24(9-11-49(23,4)26(25)10-12-50(27,32)5)68-47-43(39(61)35(57)30(17-53)70-47)73-48-44(40(62)36(58)31(18-54)71-48)72-46-42(64)37(59)33(55)22(3)67-46/h20-48,52-65H,6-19H2,1-5H3/t20-,21-,22-,23+,24-,25+,26-,27-,28-,29+,30+,31+,32-,33-,34+,35+,36+,37+,38-,39-,40-,41+,42+,43+,44+,45+,46-,47+,48-,49-,50-,51+/m0/s1. The average Bonchev–Trinajstić information content (AvgIpc) is 3.82. The van der Waals surface area contributed by atoms with E-state index in [1.165, 1.54) is 6.92 Å². The van der Waals surface area contributed by atoms with E-state index in [1.54, 1.807) is 0 Å². The van der Waals surface area contributed by atoms with Crippen LogP contribution in [0.4, 0.5) is 0 Å². The maximum atomic E-state index is 12.1. The third-order valence-corrected chi connectivity index (χ3v) is 20.1. The summed E-state index contributed by atoms with van der Waals surface area (Å²) in [6.07, 6.45) is -23.0. The molecular formula is C51H86O23. The van der Waals surface area contributed by atoms with Gasteiger partial charge in [0.15, 0.2) is 30.9 Å². The Morgan fingerprint density at radius 3 is 1.72 bits per heavy atom. The minimum atomic E-state index is -1.84. The minimum Gasteiger partial charge on any atom is -0.394 e. The molecule has 32 atom stereocenters. The van der Waals surface area contributed by atoms with Gasteiger partial charge in [-0.15, -0.1) is 0 Å². The molecule has 0 aromatic heterocycles. The highest BCUT2D eigenvalue weighted by atomic mass is 16.8. The van der Waals surface area contributed by atoms with Crippen LogP contribution in [-0.4, -0.2) is 239 Å². The second-order valence-corrected chi connectivity index (χ2v) is 24.3. The summed E-state index contributed by atoms with van der Waals surface area (Å²) in [6.45, 7) is 8.47. The Morgan fingerprint density at radius 1 is 0.554 bits per heavy atom. The predicted octanol–water partition coefficient (Wildman–Crippen LogP) is -2.93. The lowest BCUT2D eigenvalue weighted by atomic mass is 9.44. The lowest BCUT2D eigenvalue weighted by Gasteiger charge is -2.61. The summed E-state index contributed by atoms with van der Waals surface area (Å²) in [7, 11) is 0. The summed E-state index contributed by atoms with van der Waals surface area (Å²) in [6, 6.07) is 0. The van der Waals surface area contributed by atoms with Gasteiger partial charge in [-0.3, -0.25) is 0 Å². The first kappa shape index (κ1) is 57.8. The van der Waals surface area contributed by atoms with Gasteiger partial charge in [-0.2, -0.15) is 0 Å². The molecule has 5 saturated heterocycles. The van der Waals surface area contributed by atoms with Gasteiger partial charge in [-0.25, -0.2) is 0 Å². The maximum absolute atomic E-state index is 12.1. The van der Waals surface area contributed by atoms with Crippen molar-refractivity contribution in [2.24, 2.45) is 52.3 Å². The van der Waals surface area contributed by atoms with Crippen LogP contribution >= 0.6 is 0 Å². The number of aliphatic hydroxyl groups is 14. The van der Waals surface area contributed by atoms with Crippen LogP contribution in [0.1, 0.15) is 98.8 Å². The second kappa shape index (κ2) is 22.6. The van der Waals surface area contributed by atoms with Gasteiger partial charge < -0.3 is 114 Å². The van der Waals surface area contributed by atoms with Crippen molar-refractivity contribution in [1.29, 1.82) is 0 Å². The van der Waals surface area contributed by atoms with Crippen molar-refractivity contribution in [3.8, 4) is 0 Å². The molecule has 0 bridgehead atoms. The smallest absolute Gasteiger partial charge is 0.187 e. The zero-order valence-corrected chi connectivity index (χ0v) is 43.1. The molecule has 4 aliphatic carbocycles. The largest absolute Gasteiger partial charge is 0.394 e. The van der Waals surface area contributed by atoms with Crippen LogP contribution in [0, 0.1) is 52.3 Å². The Hall–Kier alpha value is -0.920. The van der Waals surface area contributed by atoms with Crippen LogP contribution in [0.5, 0.6) is 0 Å². The Balaban J connectivity index is 0.825. The van der Waals surface area contributed by atoms with Gasteiger partial charge >= 0.3 is 0 Å². The Bertz CT molecular complexity index is 1860. The Kier molecular flexibility index (Phi) is 17.6. The molecule has 4 saturated carbocycles.